The van der Waals surface area contributed by atoms with Crippen molar-refractivity contribution in [3.63, 3.8) is 0 Å². The molecule has 2 aliphatic heterocycles. The highest BCUT2D eigenvalue weighted by Crippen LogP contribution is 2.24. The fraction of sp³-hybridized carbons (Fsp3) is 0.647. The van der Waals surface area contributed by atoms with Crippen molar-refractivity contribution in [1.82, 2.24) is 4.90 Å². The molecule has 3 rings (SSSR count). The molecule has 1 aromatic rings. The van der Waals surface area contributed by atoms with E-state index in [9.17, 15) is 0 Å². The van der Waals surface area contributed by atoms with Crippen molar-refractivity contribution in [2.24, 2.45) is 0 Å². The summed E-state index contributed by atoms with van der Waals surface area (Å²) in [6.07, 6.45) is 5.46. The topological polar surface area (TPSA) is 12.5 Å². The van der Waals surface area contributed by atoms with E-state index in [2.05, 4.69) is 47.0 Å². The molecule has 20 heavy (non-hydrogen) atoms. The molecule has 2 saturated heterocycles. The van der Waals surface area contributed by atoms with Crippen LogP contribution in [0.25, 0.3) is 0 Å². The zero-order valence-corrected chi connectivity index (χ0v) is 13.0. The number of nitrogens with zero attached hydrogens (tertiary/aromatic N) is 1. The number of aryl methyl sites for hydroxylation is 1. The first kappa shape index (κ1) is 14.4. The molecule has 2 heterocycles. The van der Waals surface area contributed by atoms with Crippen LogP contribution < -0.4 is 0 Å². The number of thioether (sulfide) groups is 1. The van der Waals surface area contributed by atoms with Crippen LogP contribution in [0.4, 0.5) is 0 Å². The molecule has 1 atom stereocenters. The van der Waals surface area contributed by atoms with Crippen LogP contribution in [0.15, 0.2) is 30.3 Å². The lowest BCUT2D eigenvalue weighted by molar-refractivity contribution is -0.0472. The molecule has 1 unspecified atom stereocenters. The fourth-order valence-corrected chi connectivity index (χ4v) is 4.35. The second kappa shape index (κ2) is 7.48. The molecule has 2 fully saturated rings. The van der Waals surface area contributed by atoms with Gasteiger partial charge in [-0.1, -0.05) is 30.3 Å². The summed E-state index contributed by atoms with van der Waals surface area (Å²) in [5, 5.41) is 0. The molecule has 0 aliphatic carbocycles. The van der Waals surface area contributed by atoms with Crippen LogP contribution in [0.3, 0.4) is 0 Å². The van der Waals surface area contributed by atoms with Gasteiger partial charge in [-0.15, -0.1) is 0 Å². The summed E-state index contributed by atoms with van der Waals surface area (Å²) in [6, 6.07) is 11.6. The molecule has 3 heteroatoms. The van der Waals surface area contributed by atoms with E-state index in [4.69, 9.17) is 4.74 Å². The third-order valence-electron chi connectivity index (χ3n) is 4.48. The number of rotatable bonds is 4. The minimum absolute atomic E-state index is 0.429. The molecule has 2 aliphatic rings. The predicted molar refractivity (Wildman–Crippen MR) is 86.4 cm³/mol. The van der Waals surface area contributed by atoms with Crippen LogP contribution >= 0.6 is 11.8 Å². The van der Waals surface area contributed by atoms with E-state index >= 15 is 0 Å². The van der Waals surface area contributed by atoms with Crippen molar-refractivity contribution < 1.29 is 4.74 Å². The standard InChI is InChI=1S/C17H25NOS/c1-2-4-15(5-3-1)6-7-17-14-18(10-11-19-17)16-8-12-20-13-9-16/h1-5,16-17H,6-14H2. The lowest BCUT2D eigenvalue weighted by Crippen LogP contribution is -2.48. The van der Waals surface area contributed by atoms with Gasteiger partial charge in [-0.05, 0) is 42.8 Å². The number of morpholine rings is 1. The molecule has 0 radical (unpaired) electrons. The summed E-state index contributed by atoms with van der Waals surface area (Å²) in [4.78, 5) is 2.69. The van der Waals surface area contributed by atoms with E-state index in [-0.39, 0.29) is 0 Å². The van der Waals surface area contributed by atoms with Gasteiger partial charge in [0.1, 0.15) is 0 Å². The van der Waals surface area contributed by atoms with Crippen molar-refractivity contribution in [2.45, 2.75) is 37.8 Å². The van der Waals surface area contributed by atoms with E-state index < -0.39 is 0 Å². The zero-order valence-electron chi connectivity index (χ0n) is 12.2. The van der Waals surface area contributed by atoms with Gasteiger partial charge in [0.2, 0.25) is 0 Å². The van der Waals surface area contributed by atoms with Crippen molar-refractivity contribution in [2.75, 3.05) is 31.2 Å². The smallest absolute Gasteiger partial charge is 0.0705 e. The van der Waals surface area contributed by atoms with E-state index in [1.54, 1.807) is 0 Å². The highest BCUT2D eigenvalue weighted by Gasteiger charge is 2.27. The SMILES string of the molecule is c1ccc(CCC2CN(C3CCSCC3)CCO2)cc1. The van der Waals surface area contributed by atoms with Crippen LogP contribution in [0, 0.1) is 0 Å². The normalized spacial score (nSPS) is 25.7. The van der Waals surface area contributed by atoms with Gasteiger partial charge in [-0.2, -0.15) is 11.8 Å². The Morgan fingerprint density at radius 1 is 1.15 bits per heavy atom. The Morgan fingerprint density at radius 3 is 2.75 bits per heavy atom. The summed E-state index contributed by atoms with van der Waals surface area (Å²) in [5.74, 6) is 2.69. The van der Waals surface area contributed by atoms with Gasteiger partial charge in [-0.3, -0.25) is 4.90 Å². The molecule has 2 nitrogen and oxygen atoms in total. The minimum atomic E-state index is 0.429. The fourth-order valence-electron chi connectivity index (χ4n) is 3.27. The second-order valence-electron chi connectivity index (χ2n) is 5.86. The van der Waals surface area contributed by atoms with Crippen LogP contribution in [-0.4, -0.2) is 48.2 Å². The summed E-state index contributed by atoms with van der Waals surface area (Å²) >= 11 is 2.11. The summed E-state index contributed by atoms with van der Waals surface area (Å²) in [6.45, 7) is 3.20. The van der Waals surface area contributed by atoms with Crippen molar-refractivity contribution in [3.05, 3.63) is 35.9 Å². The first-order valence-electron chi connectivity index (χ1n) is 7.89. The highest BCUT2D eigenvalue weighted by molar-refractivity contribution is 7.99. The first-order chi connectivity index (χ1) is 9.92. The highest BCUT2D eigenvalue weighted by atomic mass is 32.2. The number of hydrogen-bond donors (Lipinski definition) is 0. The Bertz CT molecular complexity index is 391. The predicted octanol–water partition coefficient (Wildman–Crippen LogP) is 3.22. The lowest BCUT2D eigenvalue weighted by Gasteiger charge is -2.39. The molecular formula is C17H25NOS. The molecule has 0 bridgehead atoms. The van der Waals surface area contributed by atoms with Crippen molar-refractivity contribution in [3.8, 4) is 0 Å². The molecule has 0 saturated carbocycles. The molecule has 110 valence electrons. The quantitative estimate of drug-likeness (QED) is 0.845. The Morgan fingerprint density at radius 2 is 1.95 bits per heavy atom. The maximum atomic E-state index is 5.97. The van der Waals surface area contributed by atoms with E-state index in [1.807, 2.05) is 0 Å². The van der Waals surface area contributed by atoms with Crippen LogP contribution in [0.5, 0.6) is 0 Å². The third kappa shape index (κ3) is 4.00. The van der Waals surface area contributed by atoms with Gasteiger partial charge in [0.25, 0.3) is 0 Å². The van der Waals surface area contributed by atoms with E-state index in [0.717, 1.165) is 38.6 Å². The van der Waals surface area contributed by atoms with Gasteiger partial charge in [0, 0.05) is 19.1 Å². The molecule has 1 aromatic carbocycles. The van der Waals surface area contributed by atoms with Gasteiger partial charge < -0.3 is 4.74 Å². The minimum Gasteiger partial charge on any atom is -0.376 e. The Kier molecular flexibility index (Phi) is 5.40. The number of ether oxygens (including phenoxy) is 1. The van der Waals surface area contributed by atoms with Gasteiger partial charge in [0.15, 0.2) is 0 Å². The molecule has 0 spiro atoms. The van der Waals surface area contributed by atoms with Gasteiger partial charge in [-0.25, -0.2) is 0 Å². The van der Waals surface area contributed by atoms with Crippen LogP contribution in [0.1, 0.15) is 24.8 Å². The van der Waals surface area contributed by atoms with Crippen molar-refractivity contribution >= 4 is 11.8 Å². The first-order valence-corrected chi connectivity index (χ1v) is 9.04. The molecule has 0 amide bonds. The van der Waals surface area contributed by atoms with E-state index in [0.29, 0.717) is 6.10 Å². The Hall–Kier alpha value is -0.510. The van der Waals surface area contributed by atoms with Gasteiger partial charge >= 0.3 is 0 Å². The summed E-state index contributed by atoms with van der Waals surface area (Å²) in [5.41, 5.74) is 1.43. The van der Waals surface area contributed by atoms with Crippen LogP contribution in [-0.2, 0) is 11.2 Å². The second-order valence-corrected chi connectivity index (χ2v) is 7.08. The zero-order chi connectivity index (χ0) is 13.6. The lowest BCUT2D eigenvalue weighted by atomic mass is 10.0. The molecule has 0 N–H and O–H groups in total. The van der Waals surface area contributed by atoms with Crippen LogP contribution in [0.2, 0.25) is 0 Å². The summed E-state index contributed by atoms with van der Waals surface area (Å²) in [7, 11) is 0. The monoisotopic (exact) mass is 291 g/mol. The number of benzene rings is 1. The number of hydrogen-bond acceptors (Lipinski definition) is 3. The molecule has 0 aromatic heterocycles. The third-order valence-corrected chi connectivity index (χ3v) is 5.52. The molecular weight excluding hydrogens is 266 g/mol. The Labute approximate surface area is 126 Å². The van der Waals surface area contributed by atoms with Gasteiger partial charge in [0.05, 0.1) is 12.7 Å². The average Bonchev–Trinajstić information content (AvgIpc) is 2.55. The average molecular weight is 291 g/mol. The largest absolute Gasteiger partial charge is 0.376 e. The maximum Gasteiger partial charge on any atom is 0.0705 e. The van der Waals surface area contributed by atoms with Crippen molar-refractivity contribution in [1.29, 1.82) is 0 Å². The Balaban J connectivity index is 1.47. The van der Waals surface area contributed by atoms with E-state index in [1.165, 1.54) is 29.9 Å². The maximum absolute atomic E-state index is 5.97. The summed E-state index contributed by atoms with van der Waals surface area (Å²) < 4.78 is 5.97.